The largest absolute Gasteiger partial charge is 0.383 e. The Morgan fingerprint density at radius 1 is 1.33 bits per heavy atom. The third-order valence-electron chi connectivity index (χ3n) is 3.34. The van der Waals surface area contributed by atoms with Crippen LogP contribution in [-0.2, 0) is 4.74 Å². The number of hydrogen-bond acceptors (Lipinski definition) is 3. The molecule has 1 rings (SSSR count). The van der Waals surface area contributed by atoms with Crippen molar-refractivity contribution in [1.29, 1.82) is 0 Å². The lowest BCUT2D eigenvalue weighted by atomic mass is 10.1. The van der Waals surface area contributed by atoms with Gasteiger partial charge in [-0.3, -0.25) is 0 Å². The summed E-state index contributed by atoms with van der Waals surface area (Å²) in [6, 6.07) is 8.13. The summed E-state index contributed by atoms with van der Waals surface area (Å²) in [5, 5.41) is 6.31. The van der Waals surface area contributed by atoms with Crippen molar-refractivity contribution in [3.05, 3.63) is 29.8 Å². The van der Waals surface area contributed by atoms with Gasteiger partial charge in [0.1, 0.15) is 0 Å². The predicted octanol–water partition coefficient (Wildman–Crippen LogP) is 2.86. The zero-order chi connectivity index (χ0) is 15.7. The molecule has 0 saturated carbocycles. The Hall–Kier alpha value is -1.59. The lowest BCUT2D eigenvalue weighted by Gasteiger charge is -2.18. The maximum absolute atomic E-state index is 11.9. The van der Waals surface area contributed by atoms with E-state index in [1.54, 1.807) is 19.1 Å². The summed E-state index contributed by atoms with van der Waals surface area (Å²) >= 11 is 0. The Kier molecular flexibility index (Phi) is 7.79. The second-order valence-corrected chi connectivity index (χ2v) is 5.14. The van der Waals surface area contributed by atoms with E-state index in [2.05, 4.69) is 24.5 Å². The van der Waals surface area contributed by atoms with E-state index in [9.17, 15) is 4.79 Å². The quantitative estimate of drug-likeness (QED) is 0.775. The van der Waals surface area contributed by atoms with E-state index in [1.807, 2.05) is 24.3 Å². The number of nitrogens with one attached hydrogen (secondary N) is 2. The van der Waals surface area contributed by atoms with E-state index >= 15 is 0 Å². The van der Waals surface area contributed by atoms with Crippen LogP contribution >= 0.6 is 0 Å². The second kappa shape index (κ2) is 9.37. The molecule has 0 aliphatic heterocycles. The first-order chi connectivity index (χ1) is 10.1. The van der Waals surface area contributed by atoms with Gasteiger partial charge in [-0.25, -0.2) is 4.79 Å². The lowest BCUT2D eigenvalue weighted by Crippen LogP contribution is -2.33. The Morgan fingerprint density at radius 2 is 2.00 bits per heavy atom. The van der Waals surface area contributed by atoms with Crippen molar-refractivity contribution in [1.82, 2.24) is 10.2 Å². The average molecular weight is 293 g/mol. The Labute approximate surface area is 127 Å². The number of hydrogen-bond donors (Lipinski definition) is 2. The molecule has 5 nitrogen and oxygen atoms in total. The fourth-order valence-corrected chi connectivity index (χ4v) is 1.88. The zero-order valence-corrected chi connectivity index (χ0v) is 13.5. The molecule has 0 fully saturated rings. The second-order valence-electron chi connectivity index (χ2n) is 5.14. The summed E-state index contributed by atoms with van der Waals surface area (Å²) in [6.07, 6.45) is 1.12. The van der Waals surface area contributed by atoms with Gasteiger partial charge in [0.15, 0.2) is 0 Å². The molecule has 2 N–H and O–H groups in total. The zero-order valence-electron chi connectivity index (χ0n) is 13.5. The Morgan fingerprint density at radius 3 is 2.57 bits per heavy atom. The molecular weight excluding hydrogens is 266 g/mol. The molecule has 0 aliphatic rings. The normalized spacial score (nSPS) is 12.0. The molecule has 21 heavy (non-hydrogen) atoms. The minimum absolute atomic E-state index is 0.128. The number of nitrogens with zero attached hydrogens (tertiary/aromatic N) is 1. The number of carbonyl (C=O) groups is 1. The molecule has 0 saturated heterocycles. The van der Waals surface area contributed by atoms with E-state index in [1.165, 1.54) is 5.56 Å². The average Bonchev–Trinajstić information content (AvgIpc) is 2.50. The molecule has 5 heteroatoms. The van der Waals surface area contributed by atoms with Crippen LogP contribution in [0.3, 0.4) is 0 Å². The third kappa shape index (κ3) is 6.14. The number of benzene rings is 1. The first kappa shape index (κ1) is 17.5. The molecule has 0 bridgehead atoms. The van der Waals surface area contributed by atoms with Crippen LogP contribution in [0, 0.1) is 0 Å². The first-order valence-electron chi connectivity index (χ1n) is 7.42. The van der Waals surface area contributed by atoms with E-state index in [0.717, 1.165) is 18.7 Å². The third-order valence-corrected chi connectivity index (χ3v) is 3.34. The van der Waals surface area contributed by atoms with Crippen LogP contribution in [0.4, 0.5) is 10.5 Å². The van der Waals surface area contributed by atoms with Crippen molar-refractivity contribution in [3.8, 4) is 0 Å². The fourth-order valence-electron chi connectivity index (χ4n) is 1.88. The monoisotopic (exact) mass is 293 g/mol. The number of methoxy groups -OCH3 is 1. The van der Waals surface area contributed by atoms with Crippen molar-refractivity contribution in [2.24, 2.45) is 0 Å². The van der Waals surface area contributed by atoms with Crippen LogP contribution in [0.25, 0.3) is 0 Å². The fraction of sp³-hybridized carbons (Fsp3) is 0.562. The maximum Gasteiger partial charge on any atom is 0.321 e. The Bertz CT molecular complexity index is 420. The maximum atomic E-state index is 11.9. The van der Waals surface area contributed by atoms with E-state index < -0.39 is 0 Å². The molecule has 1 unspecified atom stereocenters. The highest BCUT2D eigenvalue weighted by Gasteiger charge is 2.09. The summed E-state index contributed by atoms with van der Waals surface area (Å²) in [5.74, 6) is 0. The molecule has 0 aliphatic carbocycles. The highest BCUT2D eigenvalue weighted by atomic mass is 16.5. The van der Waals surface area contributed by atoms with Gasteiger partial charge in [-0.2, -0.15) is 0 Å². The molecule has 1 atom stereocenters. The number of amides is 2. The predicted molar refractivity (Wildman–Crippen MR) is 86.7 cm³/mol. The van der Waals surface area contributed by atoms with E-state index in [-0.39, 0.29) is 6.03 Å². The van der Waals surface area contributed by atoms with Crippen LogP contribution in [0.5, 0.6) is 0 Å². The van der Waals surface area contributed by atoms with Gasteiger partial charge in [-0.1, -0.05) is 19.1 Å². The minimum Gasteiger partial charge on any atom is -0.383 e. The van der Waals surface area contributed by atoms with Gasteiger partial charge < -0.3 is 20.3 Å². The number of rotatable bonds is 8. The van der Waals surface area contributed by atoms with Crippen LogP contribution in [-0.4, -0.2) is 44.8 Å². The highest BCUT2D eigenvalue weighted by Crippen LogP contribution is 2.16. The topological polar surface area (TPSA) is 53.6 Å². The number of anilines is 1. The molecule has 0 radical (unpaired) electrons. The van der Waals surface area contributed by atoms with Crippen molar-refractivity contribution in [2.45, 2.75) is 26.3 Å². The summed E-state index contributed by atoms with van der Waals surface area (Å²) in [5.41, 5.74) is 2.02. The summed E-state index contributed by atoms with van der Waals surface area (Å²) < 4.78 is 4.96. The van der Waals surface area contributed by atoms with Crippen LogP contribution in [0.1, 0.15) is 31.9 Å². The van der Waals surface area contributed by atoms with Crippen molar-refractivity contribution in [3.63, 3.8) is 0 Å². The van der Waals surface area contributed by atoms with Gasteiger partial charge in [0, 0.05) is 32.4 Å². The van der Waals surface area contributed by atoms with Crippen LogP contribution < -0.4 is 10.6 Å². The SMILES string of the molecule is CCCNC(C)c1ccc(NC(=O)N(C)CCOC)cc1. The van der Waals surface area contributed by atoms with Gasteiger partial charge in [0.05, 0.1) is 6.61 Å². The van der Waals surface area contributed by atoms with Crippen molar-refractivity contribution < 1.29 is 9.53 Å². The van der Waals surface area contributed by atoms with Gasteiger partial charge in [0.25, 0.3) is 0 Å². The molecule has 1 aromatic rings. The van der Waals surface area contributed by atoms with Crippen molar-refractivity contribution in [2.75, 3.05) is 39.2 Å². The Balaban J connectivity index is 2.52. The lowest BCUT2D eigenvalue weighted by molar-refractivity contribution is 0.165. The molecule has 1 aromatic carbocycles. The molecule has 0 heterocycles. The van der Waals surface area contributed by atoms with Gasteiger partial charge >= 0.3 is 6.03 Å². The summed E-state index contributed by atoms with van der Waals surface area (Å²) in [6.45, 7) is 6.39. The minimum atomic E-state index is -0.128. The summed E-state index contributed by atoms with van der Waals surface area (Å²) in [7, 11) is 3.37. The molecule has 118 valence electrons. The highest BCUT2D eigenvalue weighted by molar-refractivity contribution is 5.89. The standard InChI is InChI=1S/C16H27N3O2/c1-5-10-17-13(2)14-6-8-15(9-7-14)18-16(20)19(3)11-12-21-4/h6-9,13,17H,5,10-12H2,1-4H3,(H,18,20). The number of ether oxygens (including phenoxy) is 1. The number of urea groups is 1. The molecule has 0 aromatic heterocycles. The molecule has 2 amide bonds. The first-order valence-corrected chi connectivity index (χ1v) is 7.42. The number of carbonyl (C=O) groups excluding carboxylic acids is 1. The number of likely N-dealkylation sites (N-methyl/N-ethyl adjacent to an activating group) is 1. The van der Waals surface area contributed by atoms with Gasteiger partial charge in [0.2, 0.25) is 0 Å². The van der Waals surface area contributed by atoms with E-state index in [4.69, 9.17) is 4.74 Å². The van der Waals surface area contributed by atoms with Gasteiger partial charge in [-0.15, -0.1) is 0 Å². The van der Waals surface area contributed by atoms with Crippen molar-refractivity contribution >= 4 is 11.7 Å². The molecule has 0 spiro atoms. The smallest absolute Gasteiger partial charge is 0.321 e. The van der Waals surface area contributed by atoms with Crippen LogP contribution in [0.15, 0.2) is 24.3 Å². The summed E-state index contributed by atoms with van der Waals surface area (Å²) in [4.78, 5) is 13.5. The molecular formula is C16H27N3O2. The van der Waals surface area contributed by atoms with E-state index in [0.29, 0.717) is 19.2 Å². The van der Waals surface area contributed by atoms with Gasteiger partial charge in [-0.05, 0) is 37.6 Å². The van der Waals surface area contributed by atoms with Crippen LogP contribution in [0.2, 0.25) is 0 Å².